The van der Waals surface area contributed by atoms with Gasteiger partial charge in [-0.2, -0.15) is 0 Å². The van der Waals surface area contributed by atoms with Gasteiger partial charge in [0.25, 0.3) is 0 Å². The van der Waals surface area contributed by atoms with Crippen LogP contribution in [-0.4, -0.2) is 15.0 Å². The molecule has 44 heavy (non-hydrogen) atoms. The van der Waals surface area contributed by atoms with Gasteiger partial charge < -0.3 is 0 Å². The summed E-state index contributed by atoms with van der Waals surface area (Å²) in [6.45, 7) is 0. The fraction of sp³-hybridized carbons (Fsp3) is 0. The van der Waals surface area contributed by atoms with Crippen molar-refractivity contribution < 1.29 is 15.1 Å². The predicted octanol–water partition coefficient (Wildman–Crippen LogP) is 10.5. The standard InChI is InChI=1S/C41H27N3/c1-3-13-29(14-4-1)35-24-25-36(38-21-10-9-20-37(35)38)32-18-11-19-33(27-32)40-42-39(30-15-5-2-6-16-30)43-41(44-40)34-23-22-28-12-7-8-17-31(28)26-34/h1-27H/i1D,3D,4D,9D,10D,13D,14D,20D,21D,24D,25D. The van der Waals surface area contributed by atoms with Gasteiger partial charge in [0.05, 0.1) is 15.1 Å². The average Bonchev–Trinajstić information content (AvgIpc) is 3.22. The van der Waals surface area contributed by atoms with Gasteiger partial charge in [-0.1, -0.05) is 151 Å². The summed E-state index contributed by atoms with van der Waals surface area (Å²) in [6.07, 6.45) is 0. The molecule has 0 aliphatic heterocycles. The number of fused-ring (bicyclic) bond motifs is 2. The second-order valence-corrected chi connectivity index (χ2v) is 10.1. The van der Waals surface area contributed by atoms with Gasteiger partial charge in [-0.3, -0.25) is 0 Å². The quantitative estimate of drug-likeness (QED) is 0.206. The number of hydrogen-bond donors (Lipinski definition) is 0. The van der Waals surface area contributed by atoms with Crippen molar-refractivity contribution in [2.45, 2.75) is 0 Å². The number of rotatable bonds is 5. The molecule has 0 fully saturated rings. The van der Waals surface area contributed by atoms with Crippen LogP contribution in [0.1, 0.15) is 15.1 Å². The molecule has 0 aliphatic carbocycles. The Balaban J connectivity index is 1.40. The number of hydrogen-bond acceptors (Lipinski definition) is 3. The lowest BCUT2D eigenvalue weighted by molar-refractivity contribution is 1.07. The molecule has 3 heteroatoms. The van der Waals surface area contributed by atoms with E-state index in [1.807, 2.05) is 72.8 Å². The molecule has 0 atom stereocenters. The minimum atomic E-state index is -0.678. The Morgan fingerprint density at radius 1 is 0.364 bits per heavy atom. The molecule has 0 saturated heterocycles. The fourth-order valence-electron chi connectivity index (χ4n) is 5.21. The minimum absolute atomic E-state index is 0.00272. The minimum Gasteiger partial charge on any atom is -0.208 e. The Hall–Kier alpha value is -5.93. The molecule has 0 bridgehead atoms. The van der Waals surface area contributed by atoms with Crippen molar-refractivity contribution in [3.8, 4) is 56.4 Å². The smallest absolute Gasteiger partial charge is 0.164 e. The largest absolute Gasteiger partial charge is 0.208 e. The molecule has 1 aromatic heterocycles. The third-order valence-corrected chi connectivity index (χ3v) is 7.33. The third-order valence-electron chi connectivity index (χ3n) is 7.33. The van der Waals surface area contributed by atoms with Crippen molar-refractivity contribution in [3.63, 3.8) is 0 Å². The van der Waals surface area contributed by atoms with Gasteiger partial charge in [-0.25, -0.2) is 15.0 Å². The summed E-state index contributed by atoms with van der Waals surface area (Å²) in [7, 11) is 0. The molecule has 8 aromatic rings. The molecule has 206 valence electrons. The Bertz CT molecular complexity index is 2870. The highest BCUT2D eigenvalue weighted by atomic mass is 15.0. The highest BCUT2D eigenvalue weighted by Gasteiger charge is 2.15. The van der Waals surface area contributed by atoms with E-state index in [4.69, 9.17) is 27.3 Å². The second-order valence-electron chi connectivity index (χ2n) is 10.1. The maximum absolute atomic E-state index is 9.29. The molecule has 1 heterocycles. The van der Waals surface area contributed by atoms with Crippen molar-refractivity contribution in [2.24, 2.45) is 0 Å². The third kappa shape index (κ3) is 4.81. The van der Waals surface area contributed by atoms with Crippen LogP contribution < -0.4 is 0 Å². The molecule has 8 rings (SSSR count). The molecule has 0 N–H and O–H groups in total. The molecule has 0 aliphatic rings. The van der Waals surface area contributed by atoms with Crippen LogP contribution in [0.3, 0.4) is 0 Å². The van der Waals surface area contributed by atoms with Crippen LogP contribution in [0.2, 0.25) is 0 Å². The van der Waals surface area contributed by atoms with E-state index in [0.29, 0.717) is 28.6 Å². The van der Waals surface area contributed by atoms with Crippen LogP contribution in [-0.2, 0) is 0 Å². The number of benzene rings is 7. The van der Waals surface area contributed by atoms with Gasteiger partial charge in [0.15, 0.2) is 17.5 Å². The van der Waals surface area contributed by atoms with Crippen molar-refractivity contribution in [2.75, 3.05) is 0 Å². The van der Waals surface area contributed by atoms with Gasteiger partial charge in [0, 0.05) is 16.7 Å². The van der Waals surface area contributed by atoms with E-state index in [1.165, 1.54) is 0 Å². The maximum atomic E-state index is 9.29. The summed E-state index contributed by atoms with van der Waals surface area (Å²) in [5.74, 6) is 1.12. The van der Waals surface area contributed by atoms with Crippen LogP contribution in [0.5, 0.6) is 0 Å². The monoisotopic (exact) mass is 572 g/mol. The summed E-state index contributed by atoms with van der Waals surface area (Å²) in [5.41, 5.74) is 1.53. The highest BCUT2D eigenvalue weighted by molar-refractivity contribution is 6.05. The Labute approximate surface area is 271 Å². The van der Waals surface area contributed by atoms with E-state index < -0.39 is 72.0 Å². The lowest BCUT2D eigenvalue weighted by Gasteiger charge is -2.13. The second kappa shape index (κ2) is 11.0. The highest BCUT2D eigenvalue weighted by Crippen LogP contribution is 2.37. The Morgan fingerprint density at radius 3 is 1.64 bits per heavy atom. The molecule has 3 nitrogen and oxygen atoms in total. The molecule has 0 saturated carbocycles. The van der Waals surface area contributed by atoms with Gasteiger partial charge in [0.1, 0.15) is 0 Å². The van der Waals surface area contributed by atoms with E-state index in [9.17, 15) is 2.74 Å². The lowest BCUT2D eigenvalue weighted by Crippen LogP contribution is -2.00. The summed E-state index contributed by atoms with van der Waals surface area (Å²) >= 11 is 0. The first-order valence-electron chi connectivity index (χ1n) is 19.4. The molecule has 0 radical (unpaired) electrons. The summed E-state index contributed by atoms with van der Waals surface area (Å²) in [6, 6.07) is 23.4. The van der Waals surface area contributed by atoms with Crippen LogP contribution in [0.4, 0.5) is 0 Å². The summed E-state index contributed by atoms with van der Waals surface area (Å²) in [4.78, 5) is 14.5. The Kier molecular flexibility index (Phi) is 4.18. The van der Waals surface area contributed by atoms with Crippen molar-refractivity contribution in [3.05, 3.63) is 164 Å². The topological polar surface area (TPSA) is 38.7 Å². The van der Waals surface area contributed by atoms with Crippen LogP contribution in [0.25, 0.3) is 78.0 Å². The average molecular weight is 573 g/mol. The fourth-order valence-corrected chi connectivity index (χ4v) is 5.21. The van der Waals surface area contributed by atoms with Gasteiger partial charge in [-0.05, 0) is 55.9 Å². The van der Waals surface area contributed by atoms with E-state index >= 15 is 0 Å². The molecule has 0 amide bonds. The van der Waals surface area contributed by atoms with E-state index in [0.717, 1.165) is 21.9 Å². The molecule has 0 unspecified atom stereocenters. The van der Waals surface area contributed by atoms with Crippen LogP contribution in [0, 0.1) is 0 Å². The van der Waals surface area contributed by atoms with Gasteiger partial charge in [0.2, 0.25) is 0 Å². The Morgan fingerprint density at radius 2 is 0.909 bits per heavy atom. The van der Waals surface area contributed by atoms with Gasteiger partial charge >= 0.3 is 0 Å². The SMILES string of the molecule is [2H]c1c([2H])c([2H])c(-c2c([2H])c([2H])c(-c3cccc(-c4nc(-c5ccccc5)nc(-c5ccc6ccccc6c5)n4)c3)c3c([2H])c([2H])c([2H])c([2H])c23)c([2H])c1[2H]. The summed E-state index contributed by atoms with van der Waals surface area (Å²) in [5, 5.41) is 1.68. The molecular formula is C41H27N3. The van der Waals surface area contributed by atoms with E-state index in [2.05, 4.69) is 0 Å². The van der Waals surface area contributed by atoms with Crippen LogP contribution in [0.15, 0.2) is 164 Å². The van der Waals surface area contributed by atoms with Crippen molar-refractivity contribution in [1.29, 1.82) is 0 Å². The van der Waals surface area contributed by atoms with Crippen molar-refractivity contribution in [1.82, 2.24) is 15.0 Å². The van der Waals surface area contributed by atoms with E-state index in [-0.39, 0.29) is 21.9 Å². The zero-order valence-corrected chi connectivity index (χ0v) is 23.1. The molecule has 0 spiro atoms. The zero-order valence-electron chi connectivity index (χ0n) is 34.1. The zero-order chi connectivity index (χ0) is 38.9. The van der Waals surface area contributed by atoms with Crippen LogP contribution >= 0.6 is 0 Å². The lowest BCUT2D eigenvalue weighted by atomic mass is 9.91. The molecular weight excluding hydrogens is 534 g/mol. The predicted molar refractivity (Wildman–Crippen MR) is 182 cm³/mol. The maximum Gasteiger partial charge on any atom is 0.164 e. The van der Waals surface area contributed by atoms with Crippen molar-refractivity contribution >= 4 is 21.5 Å². The first kappa shape index (κ1) is 16.6. The first-order chi connectivity index (χ1) is 26.4. The summed E-state index contributed by atoms with van der Waals surface area (Å²) < 4.78 is 95.4. The number of aromatic nitrogens is 3. The first-order valence-corrected chi connectivity index (χ1v) is 13.9. The molecule has 7 aromatic carbocycles. The number of nitrogens with zero attached hydrogens (tertiary/aromatic N) is 3. The van der Waals surface area contributed by atoms with E-state index in [1.54, 1.807) is 24.3 Å². The normalized spacial score (nSPS) is 14.7. The van der Waals surface area contributed by atoms with Gasteiger partial charge in [-0.15, -0.1) is 0 Å².